The number of hydrogen-bond donors (Lipinski definition) is 0. The third-order valence-electron chi connectivity index (χ3n) is 4.59. The summed E-state index contributed by atoms with van der Waals surface area (Å²) in [6.07, 6.45) is 3.83. The van der Waals surface area contributed by atoms with Gasteiger partial charge in [-0.25, -0.2) is 0 Å². The minimum atomic E-state index is 0.416. The molecule has 0 aliphatic heterocycles. The molecule has 6 heteroatoms. The molecule has 0 saturated carbocycles. The molecule has 0 fully saturated rings. The molecule has 29 heavy (non-hydrogen) atoms. The van der Waals surface area contributed by atoms with E-state index >= 15 is 0 Å². The molecule has 5 rings (SSSR count). The van der Waals surface area contributed by atoms with Crippen molar-refractivity contribution in [2.45, 2.75) is 0 Å². The average molecular weight is 383 g/mol. The zero-order valence-corrected chi connectivity index (χ0v) is 15.6. The summed E-state index contributed by atoms with van der Waals surface area (Å²) in [6.45, 7) is 0. The van der Waals surface area contributed by atoms with Crippen LogP contribution in [-0.4, -0.2) is 21.8 Å². The normalized spacial score (nSPS) is 10.9. The summed E-state index contributed by atoms with van der Waals surface area (Å²) in [6, 6.07) is 23.2. The molecule has 0 spiro atoms. The summed E-state index contributed by atoms with van der Waals surface area (Å²) in [5, 5.41) is 4.20. The Bertz CT molecular complexity index is 1240. The lowest BCUT2D eigenvalue weighted by Gasteiger charge is -2.00. The Kier molecular flexibility index (Phi) is 4.22. The van der Waals surface area contributed by atoms with Crippen LogP contribution in [0.2, 0.25) is 0 Å². The number of furan rings is 1. The summed E-state index contributed by atoms with van der Waals surface area (Å²) in [5.41, 5.74) is 2.51. The Morgan fingerprint density at radius 2 is 1.66 bits per heavy atom. The molecule has 5 aromatic rings. The van der Waals surface area contributed by atoms with Gasteiger partial charge in [0.25, 0.3) is 5.89 Å². The van der Waals surface area contributed by atoms with Crippen LogP contribution < -0.4 is 4.74 Å². The van der Waals surface area contributed by atoms with Gasteiger partial charge in [0.1, 0.15) is 11.5 Å². The minimum Gasteiger partial charge on any atom is -0.497 e. The number of nitrogens with zero attached hydrogens (tertiary/aromatic N) is 3. The van der Waals surface area contributed by atoms with Gasteiger partial charge in [0.05, 0.1) is 12.7 Å². The van der Waals surface area contributed by atoms with E-state index in [1.807, 2.05) is 89.8 Å². The number of hydrogen-bond acceptors (Lipinski definition) is 5. The molecule has 0 radical (unpaired) electrons. The monoisotopic (exact) mass is 383 g/mol. The van der Waals surface area contributed by atoms with Crippen molar-refractivity contribution in [1.82, 2.24) is 14.7 Å². The van der Waals surface area contributed by atoms with E-state index in [1.165, 1.54) is 0 Å². The number of methoxy groups -OCH3 is 1. The average Bonchev–Trinajstić information content (AvgIpc) is 3.54. The summed E-state index contributed by atoms with van der Waals surface area (Å²) < 4.78 is 18.9. The number of benzene rings is 2. The summed E-state index contributed by atoms with van der Waals surface area (Å²) in [7, 11) is 1.62. The standard InChI is InChI=1S/C23H17N3O3/c1-27-18-11-7-10-17(14-18)22-24-21(25-29-22)19-15-20(16-8-3-2-4-9-16)28-23(19)26-12-5-6-13-26/h2-15H,1H3. The first-order valence-electron chi connectivity index (χ1n) is 9.13. The quantitative estimate of drug-likeness (QED) is 0.403. The lowest BCUT2D eigenvalue weighted by Crippen LogP contribution is -1.91. The van der Waals surface area contributed by atoms with Crippen molar-refractivity contribution in [3.05, 3.63) is 85.2 Å². The van der Waals surface area contributed by atoms with E-state index in [4.69, 9.17) is 13.7 Å². The van der Waals surface area contributed by atoms with Gasteiger partial charge in [0.2, 0.25) is 11.7 Å². The van der Waals surface area contributed by atoms with Crippen molar-refractivity contribution < 1.29 is 13.7 Å². The topological polar surface area (TPSA) is 66.2 Å². The Hall–Kier alpha value is -4.06. The van der Waals surface area contributed by atoms with E-state index in [-0.39, 0.29) is 0 Å². The molecule has 6 nitrogen and oxygen atoms in total. The second-order valence-electron chi connectivity index (χ2n) is 6.44. The van der Waals surface area contributed by atoms with Gasteiger partial charge in [-0.3, -0.25) is 4.57 Å². The molecular weight excluding hydrogens is 366 g/mol. The van der Waals surface area contributed by atoms with Crippen LogP contribution in [0.5, 0.6) is 5.75 Å². The number of rotatable bonds is 5. The van der Waals surface area contributed by atoms with Crippen molar-refractivity contribution >= 4 is 0 Å². The van der Waals surface area contributed by atoms with E-state index in [0.29, 0.717) is 17.6 Å². The molecule has 0 atom stereocenters. The molecule has 0 amide bonds. The molecular formula is C23H17N3O3. The van der Waals surface area contributed by atoms with Crippen molar-refractivity contribution in [2.75, 3.05) is 7.11 Å². The molecule has 2 aromatic carbocycles. The van der Waals surface area contributed by atoms with Crippen LogP contribution in [0.15, 0.2) is 94.1 Å². The Balaban J connectivity index is 1.60. The molecule has 0 N–H and O–H groups in total. The van der Waals surface area contributed by atoms with Gasteiger partial charge in [-0.1, -0.05) is 41.6 Å². The van der Waals surface area contributed by atoms with Crippen LogP contribution in [0.1, 0.15) is 0 Å². The smallest absolute Gasteiger partial charge is 0.258 e. The predicted molar refractivity (Wildman–Crippen MR) is 109 cm³/mol. The molecule has 0 bridgehead atoms. The first-order chi connectivity index (χ1) is 14.3. The van der Waals surface area contributed by atoms with Crippen LogP contribution in [-0.2, 0) is 0 Å². The maximum atomic E-state index is 6.17. The van der Waals surface area contributed by atoms with Crippen molar-refractivity contribution in [2.24, 2.45) is 0 Å². The van der Waals surface area contributed by atoms with Gasteiger partial charge in [-0.2, -0.15) is 4.98 Å². The fourth-order valence-electron chi connectivity index (χ4n) is 3.15. The molecule has 0 unspecified atom stereocenters. The third-order valence-corrected chi connectivity index (χ3v) is 4.59. The zero-order chi connectivity index (χ0) is 19.6. The fourth-order valence-corrected chi connectivity index (χ4v) is 3.15. The van der Waals surface area contributed by atoms with Crippen LogP contribution in [0.3, 0.4) is 0 Å². The lowest BCUT2D eigenvalue weighted by atomic mass is 10.1. The highest BCUT2D eigenvalue weighted by Gasteiger charge is 2.21. The van der Waals surface area contributed by atoms with Gasteiger partial charge in [0, 0.05) is 23.5 Å². The fraction of sp³-hybridized carbons (Fsp3) is 0.0435. The van der Waals surface area contributed by atoms with Crippen LogP contribution in [0.25, 0.3) is 40.0 Å². The van der Waals surface area contributed by atoms with Crippen molar-refractivity contribution in [3.8, 4) is 45.8 Å². The van der Waals surface area contributed by atoms with Crippen LogP contribution in [0.4, 0.5) is 0 Å². The van der Waals surface area contributed by atoms with Crippen LogP contribution in [0, 0.1) is 0 Å². The van der Waals surface area contributed by atoms with E-state index in [0.717, 1.165) is 28.2 Å². The third kappa shape index (κ3) is 3.21. The van der Waals surface area contributed by atoms with Gasteiger partial charge >= 0.3 is 0 Å². The molecule has 0 aliphatic carbocycles. The second kappa shape index (κ2) is 7.16. The largest absolute Gasteiger partial charge is 0.497 e. The maximum absolute atomic E-state index is 6.17. The lowest BCUT2D eigenvalue weighted by molar-refractivity contribution is 0.413. The number of ether oxygens (including phenoxy) is 1. The summed E-state index contributed by atoms with van der Waals surface area (Å²) in [4.78, 5) is 4.60. The van der Waals surface area contributed by atoms with E-state index < -0.39 is 0 Å². The minimum absolute atomic E-state index is 0.416. The Morgan fingerprint density at radius 3 is 2.45 bits per heavy atom. The highest BCUT2D eigenvalue weighted by Crippen LogP contribution is 2.35. The molecule has 3 aromatic heterocycles. The maximum Gasteiger partial charge on any atom is 0.258 e. The van der Waals surface area contributed by atoms with E-state index in [1.54, 1.807) is 7.11 Å². The molecule has 0 aliphatic rings. The van der Waals surface area contributed by atoms with E-state index in [2.05, 4.69) is 10.1 Å². The Labute approximate surface area is 167 Å². The predicted octanol–water partition coefficient (Wildman–Crippen LogP) is 5.46. The van der Waals surface area contributed by atoms with Gasteiger partial charge in [-0.15, -0.1) is 0 Å². The summed E-state index contributed by atoms with van der Waals surface area (Å²) >= 11 is 0. The number of aromatic nitrogens is 3. The van der Waals surface area contributed by atoms with Gasteiger partial charge < -0.3 is 13.7 Å². The SMILES string of the molecule is COc1cccc(-c2nc(-c3cc(-c4ccccc4)oc3-n3cccc3)no2)c1. The molecule has 0 saturated heterocycles. The van der Waals surface area contributed by atoms with Gasteiger partial charge in [0.15, 0.2) is 0 Å². The van der Waals surface area contributed by atoms with E-state index in [9.17, 15) is 0 Å². The molecule has 142 valence electrons. The first-order valence-corrected chi connectivity index (χ1v) is 9.13. The summed E-state index contributed by atoms with van der Waals surface area (Å²) in [5.74, 6) is 2.96. The second-order valence-corrected chi connectivity index (χ2v) is 6.44. The highest BCUT2D eigenvalue weighted by atomic mass is 16.5. The zero-order valence-electron chi connectivity index (χ0n) is 15.6. The first kappa shape index (κ1) is 17.1. The molecule has 3 heterocycles. The van der Waals surface area contributed by atoms with Crippen molar-refractivity contribution in [1.29, 1.82) is 0 Å². The highest BCUT2D eigenvalue weighted by molar-refractivity contribution is 5.73. The van der Waals surface area contributed by atoms with Crippen molar-refractivity contribution in [3.63, 3.8) is 0 Å². The van der Waals surface area contributed by atoms with Crippen LogP contribution >= 0.6 is 0 Å². The Morgan fingerprint density at radius 1 is 0.862 bits per heavy atom. The van der Waals surface area contributed by atoms with Gasteiger partial charge in [-0.05, 0) is 36.4 Å².